The highest BCUT2D eigenvalue weighted by atomic mass is 32.1. The van der Waals surface area contributed by atoms with Crippen molar-refractivity contribution in [3.05, 3.63) is 40.2 Å². The maximum Gasteiger partial charge on any atom is 0.117 e. The van der Waals surface area contributed by atoms with E-state index in [0.717, 1.165) is 37.6 Å². The van der Waals surface area contributed by atoms with Crippen LogP contribution in [-0.4, -0.2) is 35.6 Å². The van der Waals surface area contributed by atoms with Crippen molar-refractivity contribution in [3.8, 4) is 0 Å². The summed E-state index contributed by atoms with van der Waals surface area (Å²) in [6.07, 6.45) is 4.18. The minimum Gasteiger partial charge on any atom is -0.468 e. The highest BCUT2D eigenvalue weighted by Gasteiger charge is 2.20. The fourth-order valence-corrected chi connectivity index (χ4v) is 3.80. The highest BCUT2D eigenvalue weighted by Crippen LogP contribution is 2.20. The molecule has 0 radical (unpaired) electrons. The number of furan rings is 1. The number of thiazole rings is 1. The molecule has 0 bridgehead atoms. The summed E-state index contributed by atoms with van der Waals surface area (Å²) in [5.74, 6) is 1.57. The van der Waals surface area contributed by atoms with E-state index in [9.17, 15) is 0 Å². The van der Waals surface area contributed by atoms with Crippen molar-refractivity contribution in [2.75, 3.05) is 19.6 Å². The van der Waals surface area contributed by atoms with E-state index in [2.05, 4.69) is 40.5 Å². The number of nitrogens with one attached hydrogen (secondary N) is 1. The zero-order chi connectivity index (χ0) is 15.4. The molecule has 1 N–H and O–H groups in total. The summed E-state index contributed by atoms with van der Waals surface area (Å²) in [7, 11) is 0. The fraction of sp³-hybridized carbons (Fsp3) is 0.588. The predicted molar refractivity (Wildman–Crippen MR) is 90.3 cm³/mol. The first-order valence-corrected chi connectivity index (χ1v) is 8.99. The van der Waals surface area contributed by atoms with E-state index < -0.39 is 0 Å². The lowest BCUT2D eigenvalue weighted by atomic mass is 10.0. The van der Waals surface area contributed by atoms with Crippen molar-refractivity contribution in [1.82, 2.24) is 15.2 Å². The Morgan fingerprint density at radius 1 is 1.45 bits per heavy atom. The Bertz CT molecular complexity index is 558. The predicted octanol–water partition coefficient (Wildman–Crippen LogP) is 3.40. The van der Waals surface area contributed by atoms with Crippen molar-refractivity contribution in [3.63, 3.8) is 0 Å². The van der Waals surface area contributed by atoms with Gasteiger partial charge < -0.3 is 9.73 Å². The number of likely N-dealkylation sites (tertiary alicyclic amines) is 1. The summed E-state index contributed by atoms with van der Waals surface area (Å²) in [6, 6.07) is 4.66. The van der Waals surface area contributed by atoms with Crippen molar-refractivity contribution < 1.29 is 4.42 Å². The summed E-state index contributed by atoms with van der Waals surface area (Å²) in [6.45, 7) is 8.57. The van der Waals surface area contributed by atoms with Crippen LogP contribution in [0.4, 0.5) is 0 Å². The third-order valence-corrected chi connectivity index (χ3v) is 5.51. The first-order chi connectivity index (χ1) is 10.7. The molecule has 0 saturated carbocycles. The van der Waals surface area contributed by atoms with Crippen LogP contribution in [0.2, 0.25) is 0 Å². The summed E-state index contributed by atoms with van der Waals surface area (Å²) in [5.41, 5.74) is 1.14. The molecule has 3 rings (SSSR count). The maximum absolute atomic E-state index is 5.43. The van der Waals surface area contributed by atoms with Gasteiger partial charge in [-0.2, -0.15) is 0 Å². The number of hydrogen-bond donors (Lipinski definition) is 1. The molecule has 0 amide bonds. The van der Waals surface area contributed by atoms with Gasteiger partial charge in [0.2, 0.25) is 0 Å². The van der Waals surface area contributed by atoms with E-state index in [1.807, 2.05) is 6.07 Å². The lowest BCUT2D eigenvalue weighted by Crippen LogP contribution is -2.43. The molecular formula is C17H25N3OS. The molecule has 4 nitrogen and oxygen atoms in total. The molecule has 2 aromatic rings. The molecule has 120 valence electrons. The average molecular weight is 319 g/mol. The van der Waals surface area contributed by atoms with Gasteiger partial charge in [-0.3, -0.25) is 4.90 Å². The molecule has 1 aliphatic rings. The quantitative estimate of drug-likeness (QED) is 0.886. The summed E-state index contributed by atoms with van der Waals surface area (Å²) < 4.78 is 5.43. The SMILES string of the molecule is Cc1csc(C(C)CNC2CCN(Cc3ccco3)CC2)n1. The number of rotatable bonds is 6. The lowest BCUT2D eigenvalue weighted by molar-refractivity contribution is 0.178. The van der Waals surface area contributed by atoms with Gasteiger partial charge in [-0.1, -0.05) is 6.92 Å². The number of aromatic nitrogens is 1. The number of hydrogen-bond acceptors (Lipinski definition) is 5. The number of piperidine rings is 1. The Morgan fingerprint density at radius 3 is 2.91 bits per heavy atom. The fourth-order valence-electron chi connectivity index (χ4n) is 2.95. The summed E-state index contributed by atoms with van der Waals surface area (Å²) in [5, 5.41) is 7.11. The largest absolute Gasteiger partial charge is 0.468 e. The van der Waals surface area contributed by atoms with Gasteiger partial charge in [0.1, 0.15) is 5.76 Å². The van der Waals surface area contributed by atoms with Crippen molar-refractivity contribution in [2.24, 2.45) is 0 Å². The molecule has 0 aliphatic carbocycles. The standard InChI is InChI=1S/C17H25N3OS/c1-13(17-19-14(2)12-22-17)10-18-15-5-7-20(8-6-15)11-16-4-3-9-21-16/h3-4,9,12-13,15,18H,5-8,10-11H2,1-2H3. The van der Waals surface area contributed by atoms with Crippen molar-refractivity contribution >= 4 is 11.3 Å². The van der Waals surface area contributed by atoms with Gasteiger partial charge in [0.25, 0.3) is 0 Å². The van der Waals surface area contributed by atoms with E-state index in [-0.39, 0.29) is 0 Å². The van der Waals surface area contributed by atoms with Crippen LogP contribution in [0.25, 0.3) is 0 Å². The van der Waals surface area contributed by atoms with Gasteiger partial charge in [0, 0.05) is 42.7 Å². The van der Waals surface area contributed by atoms with Crippen LogP contribution in [0.1, 0.15) is 42.1 Å². The molecule has 22 heavy (non-hydrogen) atoms. The van der Waals surface area contributed by atoms with E-state index in [1.54, 1.807) is 17.6 Å². The van der Waals surface area contributed by atoms with Crippen LogP contribution in [-0.2, 0) is 6.54 Å². The molecule has 1 aliphatic heterocycles. The number of aryl methyl sites for hydroxylation is 1. The van der Waals surface area contributed by atoms with Crippen molar-refractivity contribution in [2.45, 2.75) is 45.2 Å². The third kappa shape index (κ3) is 4.18. The van der Waals surface area contributed by atoms with Gasteiger partial charge in [-0.25, -0.2) is 4.98 Å². The minimum atomic E-state index is 0.500. The van der Waals surface area contributed by atoms with Crippen LogP contribution in [0.15, 0.2) is 28.2 Å². The van der Waals surface area contributed by atoms with Gasteiger partial charge in [0.15, 0.2) is 0 Å². The monoisotopic (exact) mass is 319 g/mol. The highest BCUT2D eigenvalue weighted by molar-refractivity contribution is 7.09. The molecule has 0 aromatic carbocycles. The Kier molecular flexibility index (Phi) is 5.28. The smallest absolute Gasteiger partial charge is 0.117 e. The molecule has 1 atom stereocenters. The molecule has 3 heterocycles. The second-order valence-corrected chi connectivity index (χ2v) is 7.16. The Hall–Kier alpha value is -1.17. The van der Waals surface area contributed by atoms with Crippen LogP contribution >= 0.6 is 11.3 Å². The first-order valence-electron chi connectivity index (χ1n) is 8.11. The Balaban J connectivity index is 1.38. The topological polar surface area (TPSA) is 41.3 Å². The molecule has 1 fully saturated rings. The summed E-state index contributed by atoms with van der Waals surface area (Å²) >= 11 is 1.78. The van der Waals surface area contributed by atoms with Gasteiger partial charge in [-0.05, 0) is 31.9 Å². The molecule has 1 saturated heterocycles. The van der Waals surface area contributed by atoms with Crippen LogP contribution in [0, 0.1) is 6.92 Å². The van der Waals surface area contributed by atoms with Gasteiger partial charge in [0.05, 0.1) is 17.8 Å². The van der Waals surface area contributed by atoms with E-state index >= 15 is 0 Å². The average Bonchev–Trinajstić information content (AvgIpc) is 3.18. The number of nitrogens with zero attached hydrogens (tertiary/aromatic N) is 2. The molecule has 2 aromatic heterocycles. The molecule has 5 heteroatoms. The van der Waals surface area contributed by atoms with Crippen molar-refractivity contribution in [1.29, 1.82) is 0 Å². The van der Waals surface area contributed by atoms with E-state index in [0.29, 0.717) is 12.0 Å². The van der Waals surface area contributed by atoms with Gasteiger partial charge in [-0.15, -0.1) is 11.3 Å². The van der Waals surface area contributed by atoms with Crippen LogP contribution in [0.3, 0.4) is 0 Å². The Morgan fingerprint density at radius 2 is 2.27 bits per heavy atom. The second-order valence-electron chi connectivity index (χ2n) is 6.27. The normalized spacial score (nSPS) is 18.6. The first kappa shape index (κ1) is 15.7. The Labute approximate surface area is 136 Å². The van der Waals surface area contributed by atoms with Crippen LogP contribution in [0.5, 0.6) is 0 Å². The second kappa shape index (κ2) is 7.40. The molecule has 0 spiro atoms. The van der Waals surface area contributed by atoms with Crippen LogP contribution < -0.4 is 5.32 Å². The summed E-state index contributed by atoms with van der Waals surface area (Å²) in [4.78, 5) is 7.06. The molecular weight excluding hydrogens is 294 g/mol. The third-order valence-electron chi connectivity index (χ3n) is 4.32. The zero-order valence-corrected chi connectivity index (χ0v) is 14.2. The zero-order valence-electron chi connectivity index (χ0n) is 13.4. The minimum absolute atomic E-state index is 0.500. The molecule has 1 unspecified atom stereocenters. The van der Waals surface area contributed by atoms with Gasteiger partial charge >= 0.3 is 0 Å². The maximum atomic E-state index is 5.43. The lowest BCUT2D eigenvalue weighted by Gasteiger charge is -2.32. The van der Waals surface area contributed by atoms with E-state index in [4.69, 9.17) is 4.42 Å². The van der Waals surface area contributed by atoms with E-state index in [1.165, 1.54) is 17.8 Å².